The van der Waals surface area contributed by atoms with E-state index in [1.807, 2.05) is 31.1 Å². The lowest BCUT2D eigenvalue weighted by atomic mass is 10.2. The van der Waals surface area contributed by atoms with Crippen molar-refractivity contribution in [3.63, 3.8) is 0 Å². The minimum Gasteiger partial charge on any atom is -0.356 e. The molecule has 0 amide bonds. The zero-order valence-corrected chi connectivity index (χ0v) is 15.9. The Balaban J connectivity index is 0.00000220. The monoisotopic (exact) mass is 420 g/mol. The normalized spacial score (nSPS) is 21.7. The predicted octanol–water partition coefficient (Wildman–Crippen LogP) is 2.69. The fourth-order valence-corrected chi connectivity index (χ4v) is 3.34. The van der Waals surface area contributed by atoms with E-state index in [0.29, 0.717) is 6.04 Å². The number of nitrogens with one attached hydrogen (secondary N) is 2. The molecule has 2 N–H and O–H groups in total. The smallest absolute Gasteiger partial charge is 0.191 e. The quantitative estimate of drug-likeness (QED) is 0.437. The van der Waals surface area contributed by atoms with Crippen molar-refractivity contribution in [3.8, 4) is 0 Å². The number of rotatable bonds is 5. The van der Waals surface area contributed by atoms with Crippen molar-refractivity contribution in [2.24, 2.45) is 4.99 Å². The average Bonchev–Trinajstić information content (AvgIpc) is 2.95. The fraction of sp³-hybridized carbons (Fsp3) is 0.600. The summed E-state index contributed by atoms with van der Waals surface area (Å²) in [5, 5.41) is 7.71. The number of pyridine rings is 1. The van der Waals surface area contributed by atoms with Crippen LogP contribution in [0.15, 0.2) is 29.5 Å². The number of hydrogen-bond acceptors (Lipinski definition) is 3. The zero-order chi connectivity index (χ0) is 14.2. The lowest BCUT2D eigenvalue weighted by Gasteiger charge is -2.17. The van der Waals surface area contributed by atoms with Crippen LogP contribution >= 0.6 is 35.7 Å². The van der Waals surface area contributed by atoms with Gasteiger partial charge in [-0.05, 0) is 43.6 Å². The summed E-state index contributed by atoms with van der Waals surface area (Å²) in [7, 11) is 1.83. The molecule has 0 radical (unpaired) electrons. The van der Waals surface area contributed by atoms with Gasteiger partial charge in [0.2, 0.25) is 0 Å². The zero-order valence-electron chi connectivity index (χ0n) is 12.7. The first-order valence-electron chi connectivity index (χ1n) is 7.20. The Bertz CT molecular complexity index is 427. The van der Waals surface area contributed by atoms with Gasteiger partial charge in [-0.1, -0.05) is 6.07 Å². The highest BCUT2D eigenvalue weighted by Gasteiger charge is 2.24. The van der Waals surface area contributed by atoms with E-state index >= 15 is 0 Å². The summed E-state index contributed by atoms with van der Waals surface area (Å²) in [5.41, 5.74) is 1.25. The Morgan fingerprint density at radius 2 is 2.33 bits per heavy atom. The number of halogens is 1. The van der Waals surface area contributed by atoms with Gasteiger partial charge in [0.05, 0.1) is 0 Å². The van der Waals surface area contributed by atoms with Crippen LogP contribution in [0.4, 0.5) is 0 Å². The first-order chi connectivity index (χ1) is 9.81. The van der Waals surface area contributed by atoms with E-state index in [1.54, 1.807) is 6.20 Å². The molecule has 1 aromatic rings. The van der Waals surface area contributed by atoms with E-state index in [9.17, 15) is 0 Å². The molecule has 0 aromatic carbocycles. The molecule has 1 heterocycles. The van der Waals surface area contributed by atoms with Crippen molar-refractivity contribution in [1.29, 1.82) is 0 Å². The van der Waals surface area contributed by atoms with Gasteiger partial charge in [-0.15, -0.1) is 24.0 Å². The van der Waals surface area contributed by atoms with E-state index in [1.165, 1.54) is 24.8 Å². The van der Waals surface area contributed by atoms with Gasteiger partial charge in [-0.2, -0.15) is 11.8 Å². The van der Waals surface area contributed by atoms with E-state index in [4.69, 9.17) is 0 Å². The maximum atomic E-state index is 4.31. The van der Waals surface area contributed by atoms with Crippen LogP contribution in [0.3, 0.4) is 0 Å². The van der Waals surface area contributed by atoms with Crippen LogP contribution in [0.1, 0.15) is 24.8 Å². The third-order valence-corrected chi connectivity index (χ3v) is 4.81. The van der Waals surface area contributed by atoms with Crippen molar-refractivity contribution < 1.29 is 0 Å². The van der Waals surface area contributed by atoms with Gasteiger partial charge in [0.15, 0.2) is 5.96 Å². The summed E-state index contributed by atoms with van der Waals surface area (Å²) in [6.45, 7) is 0.879. The van der Waals surface area contributed by atoms with Crippen molar-refractivity contribution in [3.05, 3.63) is 30.1 Å². The third kappa shape index (κ3) is 6.42. The molecule has 1 aromatic heterocycles. The highest BCUT2D eigenvalue weighted by molar-refractivity contribution is 14.0. The molecule has 1 saturated carbocycles. The SMILES string of the molecule is CN=C(NCCc1cccnc1)NC1CCC(SC)C1.I. The van der Waals surface area contributed by atoms with Gasteiger partial charge in [0.25, 0.3) is 0 Å². The second-order valence-corrected chi connectivity index (χ2v) is 6.26. The van der Waals surface area contributed by atoms with E-state index < -0.39 is 0 Å². The maximum absolute atomic E-state index is 4.31. The van der Waals surface area contributed by atoms with Crippen LogP contribution in [0, 0.1) is 0 Å². The van der Waals surface area contributed by atoms with Gasteiger partial charge in [-0.25, -0.2) is 0 Å². The molecule has 1 aliphatic rings. The van der Waals surface area contributed by atoms with Crippen LogP contribution in [0.2, 0.25) is 0 Å². The number of thioether (sulfide) groups is 1. The first-order valence-corrected chi connectivity index (χ1v) is 8.49. The Morgan fingerprint density at radius 1 is 1.48 bits per heavy atom. The molecule has 0 aliphatic heterocycles. The summed E-state index contributed by atoms with van der Waals surface area (Å²) in [6.07, 6.45) is 10.7. The Morgan fingerprint density at radius 3 is 2.95 bits per heavy atom. The largest absolute Gasteiger partial charge is 0.356 e. The van der Waals surface area contributed by atoms with Crippen molar-refractivity contribution in [2.45, 2.75) is 37.0 Å². The molecule has 0 bridgehead atoms. The Kier molecular flexibility index (Phi) is 9.07. The lowest BCUT2D eigenvalue weighted by Crippen LogP contribution is -2.43. The molecule has 0 spiro atoms. The first kappa shape index (κ1) is 18.5. The predicted molar refractivity (Wildman–Crippen MR) is 103 cm³/mol. The second kappa shape index (κ2) is 10.3. The number of guanidine groups is 1. The van der Waals surface area contributed by atoms with Gasteiger partial charge >= 0.3 is 0 Å². The van der Waals surface area contributed by atoms with Gasteiger partial charge in [0, 0.05) is 37.3 Å². The number of nitrogens with zero attached hydrogens (tertiary/aromatic N) is 2. The van der Waals surface area contributed by atoms with Crippen LogP contribution in [0.25, 0.3) is 0 Å². The summed E-state index contributed by atoms with van der Waals surface area (Å²) in [4.78, 5) is 8.43. The van der Waals surface area contributed by atoms with E-state index in [2.05, 4.69) is 32.9 Å². The maximum Gasteiger partial charge on any atom is 0.191 e. The summed E-state index contributed by atoms with van der Waals surface area (Å²) < 4.78 is 0. The Labute approximate surface area is 149 Å². The minimum atomic E-state index is 0. The lowest BCUT2D eigenvalue weighted by molar-refractivity contribution is 0.614. The molecule has 1 aliphatic carbocycles. The molecule has 0 saturated heterocycles. The fourth-order valence-electron chi connectivity index (χ4n) is 2.54. The molecule has 2 atom stereocenters. The molecule has 4 nitrogen and oxygen atoms in total. The van der Waals surface area contributed by atoms with E-state index in [0.717, 1.165) is 24.2 Å². The van der Waals surface area contributed by atoms with Gasteiger partial charge in [-0.3, -0.25) is 9.98 Å². The van der Waals surface area contributed by atoms with Crippen molar-refractivity contribution in [1.82, 2.24) is 15.6 Å². The average molecular weight is 420 g/mol. The van der Waals surface area contributed by atoms with Crippen LogP contribution < -0.4 is 10.6 Å². The molecular weight excluding hydrogens is 395 g/mol. The third-order valence-electron chi connectivity index (χ3n) is 3.71. The topological polar surface area (TPSA) is 49.3 Å². The molecule has 2 unspecified atom stereocenters. The molecule has 1 fully saturated rings. The minimum absolute atomic E-state index is 0. The molecule has 2 rings (SSSR count). The summed E-state index contributed by atoms with van der Waals surface area (Å²) >= 11 is 1.98. The number of aromatic nitrogens is 1. The summed E-state index contributed by atoms with van der Waals surface area (Å²) in [5.74, 6) is 0.917. The number of aliphatic imine (C=N–C) groups is 1. The van der Waals surface area contributed by atoms with E-state index in [-0.39, 0.29) is 24.0 Å². The second-order valence-electron chi connectivity index (χ2n) is 5.12. The molecule has 21 heavy (non-hydrogen) atoms. The molecule has 118 valence electrons. The van der Waals surface area contributed by atoms with Crippen LogP contribution in [-0.2, 0) is 6.42 Å². The number of hydrogen-bond donors (Lipinski definition) is 2. The highest BCUT2D eigenvalue weighted by Crippen LogP contribution is 2.27. The van der Waals surface area contributed by atoms with Gasteiger partial charge in [0.1, 0.15) is 0 Å². The van der Waals surface area contributed by atoms with Crippen LogP contribution in [0.5, 0.6) is 0 Å². The van der Waals surface area contributed by atoms with Crippen molar-refractivity contribution >= 4 is 41.7 Å². The Hall–Kier alpha value is -0.500. The summed E-state index contributed by atoms with van der Waals surface area (Å²) in [6, 6.07) is 4.64. The van der Waals surface area contributed by atoms with Crippen molar-refractivity contribution in [2.75, 3.05) is 19.8 Å². The van der Waals surface area contributed by atoms with Crippen LogP contribution in [-0.4, -0.2) is 42.1 Å². The molecular formula is C15H25IN4S. The van der Waals surface area contributed by atoms with Gasteiger partial charge < -0.3 is 10.6 Å². The molecule has 6 heteroatoms. The standard InChI is InChI=1S/C15H24N4S.HI/c1-16-15(19-13-5-6-14(10-13)20-2)18-9-7-12-4-3-8-17-11-12;/h3-4,8,11,13-14H,5-7,9-10H2,1-2H3,(H2,16,18,19);1H. The highest BCUT2D eigenvalue weighted by atomic mass is 127.